The number of amides is 2. The number of carbonyl (C=O) groups is 2. The van der Waals surface area contributed by atoms with Gasteiger partial charge < -0.3 is 10.6 Å². The fourth-order valence-corrected chi connectivity index (χ4v) is 3.67. The lowest BCUT2D eigenvalue weighted by molar-refractivity contribution is -0.133. The lowest BCUT2D eigenvalue weighted by Crippen LogP contribution is -2.57. The van der Waals surface area contributed by atoms with Crippen LogP contribution in [0.25, 0.3) is 0 Å². The predicted molar refractivity (Wildman–Crippen MR) is 109 cm³/mol. The first-order valence-corrected chi connectivity index (χ1v) is 10.8. The minimum absolute atomic E-state index is 0.0584. The molecule has 152 valence electrons. The van der Waals surface area contributed by atoms with Gasteiger partial charge in [0.25, 0.3) is 0 Å². The summed E-state index contributed by atoms with van der Waals surface area (Å²) in [7, 11) is 0. The standard InChI is InChI=1S/C22H42N2O2/c1-7-9-15-21(3,4)19(25)23-17-13-11-12-14-18(17)24-20(26)22(5,6)16-10-8-2/h17-18H,7-16H2,1-6H3,(H,23,25)(H,24,26)/t17-,18-/m0/s1. The van der Waals surface area contributed by atoms with E-state index < -0.39 is 0 Å². The molecule has 2 amide bonds. The molecule has 0 aliphatic heterocycles. The maximum atomic E-state index is 12.8. The highest BCUT2D eigenvalue weighted by Crippen LogP contribution is 2.28. The van der Waals surface area contributed by atoms with Gasteiger partial charge in [-0.25, -0.2) is 0 Å². The van der Waals surface area contributed by atoms with E-state index in [1.807, 2.05) is 27.7 Å². The van der Waals surface area contributed by atoms with Gasteiger partial charge in [0.15, 0.2) is 0 Å². The quantitative estimate of drug-likeness (QED) is 0.574. The van der Waals surface area contributed by atoms with Gasteiger partial charge in [-0.2, -0.15) is 0 Å². The van der Waals surface area contributed by atoms with Crippen molar-refractivity contribution >= 4 is 11.8 Å². The Hall–Kier alpha value is -1.06. The molecule has 1 fully saturated rings. The minimum Gasteiger partial charge on any atom is -0.351 e. The molecular weight excluding hydrogens is 324 g/mol. The van der Waals surface area contributed by atoms with Crippen molar-refractivity contribution in [3.63, 3.8) is 0 Å². The number of nitrogens with one attached hydrogen (secondary N) is 2. The number of carbonyl (C=O) groups excluding carboxylic acids is 2. The van der Waals surface area contributed by atoms with Crippen molar-refractivity contribution < 1.29 is 9.59 Å². The van der Waals surface area contributed by atoms with E-state index in [4.69, 9.17) is 0 Å². The van der Waals surface area contributed by atoms with Gasteiger partial charge in [0, 0.05) is 22.9 Å². The predicted octanol–water partition coefficient (Wildman–Crippen LogP) is 4.96. The smallest absolute Gasteiger partial charge is 0.225 e. The number of hydrogen-bond donors (Lipinski definition) is 2. The fraction of sp³-hybridized carbons (Fsp3) is 0.909. The normalized spacial score (nSPS) is 21.3. The zero-order valence-electron chi connectivity index (χ0n) is 18.0. The molecule has 4 heteroatoms. The summed E-state index contributed by atoms with van der Waals surface area (Å²) >= 11 is 0. The molecule has 0 spiro atoms. The third-order valence-electron chi connectivity index (χ3n) is 5.94. The monoisotopic (exact) mass is 366 g/mol. The average Bonchev–Trinajstić information content (AvgIpc) is 2.59. The Balaban J connectivity index is 2.69. The Morgan fingerprint density at radius 1 is 0.769 bits per heavy atom. The highest BCUT2D eigenvalue weighted by atomic mass is 16.2. The first kappa shape index (κ1) is 23.0. The Labute approximate surface area is 161 Å². The summed E-state index contributed by atoms with van der Waals surface area (Å²) in [6.07, 6.45) is 10.3. The molecule has 2 N–H and O–H groups in total. The van der Waals surface area contributed by atoms with Crippen LogP contribution in [0.4, 0.5) is 0 Å². The van der Waals surface area contributed by atoms with Gasteiger partial charge in [-0.3, -0.25) is 9.59 Å². The molecule has 4 nitrogen and oxygen atoms in total. The van der Waals surface area contributed by atoms with Crippen LogP contribution < -0.4 is 10.6 Å². The molecule has 26 heavy (non-hydrogen) atoms. The van der Waals surface area contributed by atoms with E-state index in [-0.39, 0.29) is 34.7 Å². The Kier molecular flexibility index (Phi) is 9.12. The summed E-state index contributed by atoms with van der Waals surface area (Å²) in [4.78, 5) is 25.6. The van der Waals surface area contributed by atoms with Gasteiger partial charge in [-0.05, 0) is 25.7 Å². The molecule has 1 saturated carbocycles. The molecule has 1 aliphatic rings. The molecule has 2 atom stereocenters. The second kappa shape index (κ2) is 10.3. The van der Waals surface area contributed by atoms with E-state index in [9.17, 15) is 9.59 Å². The fourth-order valence-electron chi connectivity index (χ4n) is 3.67. The van der Waals surface area contributed by atoms with Crippen molar-refractivity contribution in [1.82, 2.24) is 10.6 Å². The van der Waals surface area contributed by atoms with E-state index in [0.717, 1.165) is 64.2 Å². The van der Waals surface area contributed by atoms with Crippen LogP contribution in [-0.2, 0) is 9.59 Å². The summed E-state index contributed by atoms with van der Waals surface area (Å²) in [6.45, 7) is 12.4. The molecule has 0 aromatic rings. The van der Waals surface area contributed by atoms with Gasteiger partial charge in [0.05, 0.1) is 0 Å². The second-order valence-electron chi connectivity index (χ2n) is 9.42. The van der Waals surface area contributed by atoms with Gasteiger partial charge in [-0.1, -0.05) is 80.1 Å². The molecular formula is C22H42N2O2. The SMILES string of the molecule is CCCCC(C)(C)C(=O)N[C@H]1CCCC[C@@H]1NC(=O)C(C)(C)CCCC. The van der Waals surface area contributed by atoms with Gasteiger partial charge in [0.1, 0.15) is 0 Å². The van der Waals surface area contributed by atoms with Crippen LogP contribution in [0.2, 0.25) is 0 Å². The van der Waals surface area contributed by atoms with E-state index >= 15 is 0 Å². The van der Waals surface area contributed by atoms with Crippen molar-refractivity contribution in [3.05, 3.63) is 0 Å². The highest BCUT2D eigenvalue weighted by molar-refractivity contribution is 5.83. The Morgan fingerprint density at radius 2 is 1.12 bits per heavy atom. The van der Waals surface area contributed by atoms with Crippen LogP contribution in [0, 0.1) is 10.8 Å². The Bertz CT molecular complexity index is 415. The first-order chi connectivity index (χ1) is 12.1. The van der Waals surface area contributed by atoms with Gasteiger partial charge in [0.2, 0.25) is 11.8 Å². The van der Waals surface area contributed by atoms with Crippen LogP contribution in [0.1, 0.15) is 106 Å². The van der Waals surface area contributed by atoms with Crippen LogP contribution in [-0.4, -0.2) is 23.9 Å². The third kappa shape index (κ3) is 6.92. The van der Waals surface area contributed by atoms with E-state index in [1.165, 1.54) is 0 Å². The summed E-state index contributed by atoms with van der Waals surface area (Å²) in [6, 6.07) is 0.117. The lowest BCUT2D eigenvalue weighted by atomic mass is 9.83. The van der Waals surface area contributed by atoms with Crippen LogP contribution in [0.3, 0.4) is 0 Å². The van der Waals surface area contributed by atoms with E-state index in [1.54, 1.807) is 0 Å². The molecule has 0 bridgehead atoms. The third-order valence-corrected chi connectivity index (χ3v) is 5.94. The van der Waals surface area contributed by atoms with Gasteiger partial charge in [-0.15, -0.1) is 0 Å². The highest BCUT2D eigenvalue weighted by Gasteiger charge is 2.35. The zero-order valence-corrected chi connectivity index (χ0v) is 18.0. The second-order valence-corrected chi connectivity index (χ2v) is 9.42. The molecule has 0 radical (unpaired) electrons. The topological polar surface area (TPSA) is 58.2 Å². The molecule has 0 aromatic carbocycles. The maximum absolute atomic E-state index is 12.8. The number of hydrogen-bond acceptors (Lipinski definition) is 2. The zero-order chi connectivity index (χ0) is 19.8. The summed E-state index contributed by atoms with van der Waals surface area (Å²) in [5, 5.41) is 6.53. The summed E-state index contributed by atoms with van der Waals surface area (Å²) < 4.78 is 0. The molecule has 0 aromatic heterocycles. The van der Waals surface area contributed by atoms with Crippen molar-refractivity contribution in [1.29, 1.82) is 0 Å². The minimum atomic E-state index is -0.345. The molecule has 1 aliphatic carbocycles. The summed E-state index contributed by atoms with van der Waals surface area (Å²) in [5.74, 6) is 0.254. The first-order valence-electron chi connectivity index (χ1n) is 10.8. The molecule has 0 saturated heterocycles. The molecule has 1 rings (SSSR count). The van der Waals surface area contributed by atoms with Crippen LogP contribution in [0.15, 0.2) is 0 Å². The molecule has 0 unspecified atom stereocenters. The van der Waals surface area contributed by atoms with Crippen molar-refractivity contribution in [2.45, 2.75) is 118 Å². The maximum Gasteiger partial charge on any atom is 0.225 e. The Morgan fingerprint density at radius 3 is 1.42 bits per heavy atom. The van der Waals surface area contributed by atoms with Crippen molar-refractivity contribution in [2.75, 3.05) is 0 Å². The lowest BCUT2D eigenvalue weighted by Gasteiger charge is -2.37. The van der Waals surface area contributed by atoms with Crippen molar-refractivity contribution in [3.8, 4) is 0 Å². The molecule has 0 heterocycles. The number of rotatable bonds is 10. The number of unbranched alkanes of at least 4 members (excludes halogenated alkanes) is 2. The van der Waals surface area contributed by atoms with Crippen molar-refractivity contribution in [2.24, 2.45) is 10.8 Å². The van der Waals surface area contributed by atoms with Crippen LogP contribution in [0.5, 0.6) is 0 Å². The summed E-state index contributed by atoms with van der Waals surface area (Å²) in [5.41, 5.74) is -0.690. The average molecular weight is 367 g/mol. The largest absolute Gasteiger partial charge is 0.351 e. The van der Waals surface area contributed by atoms with Crippen LogP contribution >= 0.6 is 0 Å². The van der Waals surface area contributed by atoms with E-state index in [2.05, 4.69) is 24.5 Å². The van der Waals surface area contributed by atoms with E-state index in [0.29, 0.717) is 0 Å². The van der Waals surface area contributed by atoms with Gasteiger partial charge >= 0.3 is 0 Å².